The Balaban J connectivity index is 2.13. The molecule has 0 atom stereocenters. The highest BCUT2D eigenvalue weighted by molar-refractivity contribution is 9.10. The first-order valence-corrected chi connectivity index (χ1v) is 6.99. The van der Waals surface area contributed by atoms with E-state index in [1.807, 2.05) is 7.05 Å². The Morgan fingerprint density at radius 2 is 1.95 bits per heavy atom. The van der Waals surface area contributed by atoms with Gasteiger partial charge in [-0.1, -0.05) is 0 Å². The van der Waals surface area contributed by atoms with E-state index in [4.69, 9.17) is 0 Å². The number of ether oxygens (including phenoxy) is 1. The Kier molecular flexibility index (Phi) is 4.93. The van der Waals surface area contributed by atoms with Crippen molar-refractivity contribution in [3.8, 4) is 5.75 Å². The number of nitrogens with zero attached hydrogens (tertiary/aromatic N) is 2. The SMILES string of the molecule is CN1CCN(C(=O)c2ccc(Br)c(OC(F)F)c2)CC1. The summed E-state index contributed by atoms with van der Waals surface area (Å²) < 4.78 is 29.4. The highest BCUT2D eigenvalue weighted by Gasteiger charge is 2.21. The Hall–Kier alpha value is -1.21. The number of rotatable bonds is 3. The lowest BCUT2D eigenvalue weighted by Crippen LogP contribution is -2.47. The lowest BCUT2D eigenvalue weighted by atomic mass is 10.1. The third-order valence-electron chi connectivity index (χ3n) is 3.18. The summed E-state index contributed by atoms with van der Waals surface area (Å²) >= 11 is 3.12. The Labute approximate surface area is 124 Å². The van der Waals surface area contributed by atoms with Gasteiger partial charge in [0.05, 0.1) is 4.47 Å². The van der Waals surface area contributed by atoms with Crippen molar-refractivity contribution in [3.63, 3.8) is 0 Å². The number of carbonyl (C=O) groups is 1. The smallest absolute Gasteiger partial charge is 0.387 e. The third-order valence-corrected chi connectivity index (χ3v) is 3.84. The molecule has 1 aromatic rings. The van der Waals surface area contributed by atoms with Gasteiger partial charge in [0, 0.05) is 31.7 Å². The number of hydrogen-bond acceptors (Lipinski definition) is 3. The molecule has 1 aliphatic rings. The van der Waals surface area contributed by atoms with E-state index in [1.165, 1.54) is 6.07 Å². The van der Waals surface area contributed by atoms with Crippen LogP contribution in [0.5, 0.6) is 5.75 Å². The standard InChI is InChI=1S/C13H15BrF2N2O2/c1-17-4-6-18(7-5-17)12(19)9-2-3-10(14)11(8-9)20-13(15)16/h2-3,8,13H,4-7H2,1H3. The molecule has 0 bridgehead atoms. The van der Waals surface area contributed by atoms with Crippen molar-refractivity contribution in [2.45, 2.75) is 6.61 Å². The van der Waals surface area contributed by atoms with Crippen LogP contribution < -0.4 is 4.74 Å². The van der Waals surface area contributed by atoms with Crippen LogP contribution in [-0.4, -0.2) is 55.5 Å². The normalized spacial score (nSPS) is 16.6. The van der Waals surface area contributed by atoms with Crippen LogP contribution in [0.3, 0.4) is 0 Å². The quantitative estimate of drug-likeness (QED) is 0.841. The van der Waals surface area contributed by atoms with Crippen molar-refractivity contribution in [2.24, 2.45) is 0 Å². The van der Waals surface area contributed by atoms with Crippen LogP contribution in [-0.2, 0) is 0 Å². The van der Waals surface area contributed by atoms with Gasteiger partial charge in [-0.25, -0.2) is 0 Å². The molecule has 0 saturated carbocycles. The number of benzene rings is 1. The van der Waals surface area contributed by atoms with E-state index in [1.54, 1.807) is 17.0 Å². The van der Waals surface area contributed by atoms with Crippen LogP contribution in [0.1, 0.15) is 10.4 Å². The molecule has 1 fully saturated rings. The second kappa shape index (κ2) is 6.49. The van der Waals surface area contributed by atoms with Crippen molar-refractivity contribution >= 4 is 21.8 Å². The zero-order valence-corrected chi connectivity index (χ0v) is 12.6. The maximum atomic E-state index is 12.3. The summed E-state index contributed by atoms with van der Waals surface area (Å²) in [6, 6.07) is 4.49. The van der Waals surface area contributed by atoms with E-state index < -0.39 is 6.61 Å². The minimum Gasteiger partial charge on any atom is -0.434 e. The molecule has 20 heavy (non-hydrogen) atoms. The molecule has 0 radical (unpaired) electrons. The van der Waals surface area contributed by atoms with E-state index >= 15 is 0 Å². The Morgan fingerprint density at radius 1 is 1.30 bits per heavy atom. The van der Waals surface area contributed by atoms with Crippen LogP contribution in [0, 0.1) is 0 Å². The maximum absolute atomic E-state index is 12.3. The van der Waals surface area contributed by atoms with Gasteiger partial charge in [-0.05, 0) is 41.2 Å². The van der Waals surface area contributed by atoms with E-state index in [-0.39, 0.29) is 11.7 Å². The molecule has 0 spiro atoms. The summed E-state index contributed by atoms with van der Waals surface area (Å²) in [4.78, 5) is 16.2. The number of halogens is 3. The molecule has 1 aromatic carbocycles. The van der Waals surface area contributed by atoms with E-state index in [9.17, 15) is 13.6 Å². The zero-order valence-electron chi connectivity index (χ0n) is 11.0. The van der Waals surface area contributed by atoms with E-state index in [0.29, 0.717) is 23.1 Å². The molecule has 0 aromatic heterocycles. The summed E-state index contributed by atoms with van der Waals surface area (Å²) in [5, 5.41) is 0. The van der Waals surface area contributed by atoms with Gasteiger partial charge >= 0.3 is 6.61 Å². The second-order valence-corrected chi connectivity index (χ2v) is 5.47. The maximum Gasteiger partial charge on any atom is 0.387 e. The molecule has 0 N–H and O–H groups in total. The van der Waals surface area contributed by atoms with Crippen LogP contribution in [0.2, 0.25) is 0 Å². The van der Waals surface area contributed by atoms with Crippen LogP contribution in [0.15, 0.2) is 22.7 Å². The van der Waals surface area contributed by atoms with Gasteiger partial charge in [0.25, 0.3) is 5.91 Å². The predicted molar refractivity (Wildman–Crippen MR) is 74.2 cm³/mol. The van der Waals surface area contributed by atoms with Gasteiger partial charge < -0.3 is 14.5 Å². The fraction of sp³-hybridized carbons (Fsp3) is 0.462. The molecule has 0 unspecified atom stereocenters. The molecule has 110 valence electrons. The lowest BCUT2D eigenvalue weighted by Gasteiger charge is -2.32. The van der Waals surface area contributed by atoms with Crippen molar-refractivity contribution in [1.82, 2.24) is 9.80 Å². The van der Waals surface area contributed by atoms with Crippen molar-refractivity contribution < 1.29 is 18.3 Å². The third kappa shape index (κ3) is 3.67. The molecule has 4 nitrogen and oxygen atoms in total. The highest BCUT2D eigenvalue weighted by atomic mass is 79.9. The second-order valence-electron chi connectivity index (χ2n) is 4.62. The fourth-order valence-corrected chi connectivity index (χ4v) is 2.35. The van der Waals surface area contributed by atoms with Crippen molar-refractivity contribution in [1.29, 1.82) is 0 Å². The number of carbonyl (C=O) groups excluding carboxylic acids is 1. The number of likely N-dealkylation sites (N-methyl/N-ethyl adjacent to an activating group) is 1. The molecule has 1 saturated heterocycles. The molecular weight excluding hydrogens is 334 g/mol. The number of alkyl halides is 2. The van der Waals surface area contributed by atoms with Gasteiger partial charge in [-0.2, -0.15) is 8.78 Å². The number of amides is 1. The van der Waals surface area contributed by atoms with Gasteiger partial charge in [-0.15, -0.1) is 0 Å². The molecule has 0 aliphatic carbocycles. The fourth-order valence-electron chi connectivity index (χ4n) is 2.01. The predicted octanol–water partition coefficient (Wildman–Crippen LogP) is 2.44. The van der Waals surface area contributed by atoms with Crippen LogP contribution in [0.4, 0.5) is 8.78 Å². The van der Waals surface area contributed by atoms with Gasteiger partial charge in [0.15, 0.2) is 0 Å². The highest BCUT2D eigenvalue weighted by Crippen LogP contribution is 2.28. The first kappa shape index (κ1) is 15.2. The average Bonchev–Trinajstić information content (AvgIpc) is 2.41. The summed E-state index contributed by atoms with van der Waals surface area (Å²) in [6.45, 7) is -0.0293. The zero-order chi connectivity index (χ0) is 14.7. The molecule has 1 heterocycles. The molecule has 1 aliphatic heterocycles. The van der Waals surface area contributed by atoms with Crippen molar-refractivity contribution in [2.75, 3.05) is 33.2 Å². The van der Waals surface area contributed by atoms with Crippen LogP contribution >= 0.6 is 15.9 Å². The minimum atomic E-state index is -2.92. The summed E-state index contributed by atoms with van der Waals surface area (Å²) in [7, 11) is 2.00. The first-order valence-electron chi connectivity index (χ1n) is 6.19. The number of hydrogen-bond donors (Lipinski definition) is 0. The molecular formula is C13H15BrF2N2O2. The van der Waals surface area contributed by atoms with Gasteiger partial charge in [0.2, 0.25) is 0 Å². The molecule has 1 amide bonds. The monoisotopic (exact) mass is 348 g/mol. The van der Waals surface area contributed by atoms with E-state index in [2.05, 4.69) is 25.6 Å². The summed E-state index contributed by atoms with van der Waals surface area (Å²) in [5.74, 6) is -0.190. The summed E-state index contributed by atoms with van der Waals surface area (Å²) in [5.41, 5.74) is 0.355. The molecule has 7 heteroatoms. The minimum absolute atomic E-state index is 0.0278. The Morgan fingerprint density at radius 3 is 2.55 bits per heavy atom. The average molecular weight is 349 g/mol. The Bertz CT molecular complexity index is 491. The first-order chi connectivity index (χ1) is 9.47. The summed E-state index contributed by atoms with van der Waals surface area (Å²) in [6.07, 6.45) is 0. The number of piperazine rings is 1. The molecule has 2 rings (SSSR count). The van der Waals surface area contributed by atoms with Crippen molar-refractivity contribution in [3.05, 3.63) is 28.2 Å². The van der Waals surface area contributed by atoms with Gasteiger partial charge in [-0.3, -0.25) is 4.79 Å². The lowest BCUT2D eigenvalue weighted by molar-refractivity contribution is -0.0504. The topological polar surface area (TPSA) is 32.8 Å². The van der Waals surface area contributed by atoms with E-state index in [0.717, 1.165) is 13.1 Å². The van der Waals surface area contributed by atoms with Gasteiger partial charge in [0.1, 0.15) is 5.75 Å². The van der Waals surface area contributed by atoms with Crippen LogP contribution in [0.25, 0.3) is 0 Å². The largest absolute Gasteiger partial charge is 0.434 e.